The van der Waals surface area contributed by atoms with Crippen LogP contribution in [0, 0.1) is 11.3 Å². The molecule has 5 rings (SSSR count). The van der Waals surface area contributed by atoms with E-state index in [1.807, 2.05) is 32.0 Å². The predicted octanol–water partition coefficient (Wildman–Crippen LogP) is 3.10. The molecule has 0 aliphatic carbocycles. The van der Waals surface area contributed by atoms with Crippen molar-refractivity contribution in [2.45, 2.75) is 39.0 Å². The minimum absolute atomic E-state index is 0.0400. The summed E-state index contributed by atoms with van der Waals surface area (Å²) in [6, 6.07) is 9.79. The molecule has 1 amide bonds. The predicted molar refractivity (Wildman–Crippen MR) is 128 cm³/mol. The molecule has 0 spiro atoms. The first-order valence-electron chi connectivity index (χ1n) is 11.8. The average molecular weight is 476 g/mol. The molecule has 3 aromatic heterocycles. The van der Waals surface area contributed by atoms with E-state index in [-0.39, 0.29) is 11.5 Å². The Balaban J connectivity index is 1.33. The topological polar surface area (TPSA) is 108 Å². The zero-order valence-electron chi connectivity index (χ0n) is 20.0. The highest BCUT2D eigenvalue weighted by Crippen LogP contribution is 2.39. The molecule has 2 aliphatic rings. The molecule has 9 heteroatoms. The summed E-state index contributed by atoms with van der Waals surface area (Å²) in [5.41, 5.74) is 2.89. The molecular formula is C26H29N5O4. The van der Waals surface area contributed by atoms with E-state index in [2.05, 4.69) is 21.2 Å². The fourth-order valence-electron chi connectivity index (χ4n) is 4.69. The Bertz CT molecular complexity index is 1220. The standard InChI is InChI=1S/C26H29N5O4/c1-26(2)13-19-20(14-27)25(29-24(21(19)17-35-26)22-6-4-12-34-22)31-9-7-30(8-10-31)16-23(32)28-15-18-5-3-11-33-18/h3-6,11-12H,7-10,13,15-17H2,1-2H3,(H,28,32). The molecule has 1 saturated heterocycles. The third-order valence-corrected chi connectivity index (χ3v) is 6.55. The fraction of sp³-hybridized carbons (Fsp3) is 0.423. The van der Waals surface area contributed by atoms with Gasteiger partial charge in [-0.3, -0.25) is 9.69 Å². The molecule has 9 nitrogen and oxygen atoms in total. The SMILES string of the molecule is CC1(C)Cc2c(C#N)c(N3CCN(CC(=O)NCc4ccco4)CC3)nc(-c3ccco3)c2CO1. The minimum Gasteiger partial charge on any atom is -0.467 e. The third-order valence-electron chi connectivity index (χ3n) is 6.55. The lowest BCUT2D eigenvalue weighted by atomic mass is 9.87. The maximum absolute atomic E-state index is 12.4. The fourth-order valence-corrected chi connectivity index (χ4v) is 4.69. The number of amides is 1. The first kappa shape index (κ1) is 23.1. The first-order chi connectivity index (χ1) is 16.9. The van der Waals surface area contributed by atoms with Crippen molar-refractivity contribution in [3.63, 3.8) is 0 Å². The van der Waals surface area contributed by atoms with Crippen molar-refractivity contribution in [3.05, 3.63) is 59.2 Å². The van der Waals surface area contributed by atoms with Gasteiger partial charge in [-0.2, -0.15) is 5.26 Å². The van der Waals surface area contributed by atoms with Crippen LogP contribution >= 0.6 is 0 Å². The van der Waals surface area contributed by atoms with Gasteiger partial charge in [0.15, 0.2) is 5.76 Å². The van der Waals surface area contributed by atoms with Crippen molar-refractivity contribution in [1.82, 2.24) is 15.2 Å². The molecule has 5 heterocycles. The second-order valence-corrected chi connectivity index (χ2v) is 9.55. The normalized spacial score (nSPS) is 17.6. The Morgan fingerprint density at radius 2 is 1.91 bits per heavy atom. The van der Waals surface area contributed by atoms with Crippen LogP contribution in [-0.2, 0) is 29.1 Å². The van der Waals surface area contributed by atoms with Gasteiger partial charge in [-0.25, -0.2) is 4.98 Å². The van der Waals surface area contributed by atoms with Gasteiger partial charge < -0.3 is 23.8 Å². The molecular weight excluding hydrogens is 446 g/mol. The summed E-state index contributed by atoms with van der Waals surface area (Å²) < 4.78 is 17.0. The van der Waals surface area contributed by atoms with Crippen molar-refractivity contribution in [3.8, 4) is 17.5 Å². The Labute approximate surface area is 204 Å². The summed E-state index contributed by atoms with van der Waals surface area (Å²) in [5, 5.41) is 13.0. The van der Waals surface area contributed by atoms with E-state index in [0.717, 1.165) is 22.6 Å². The van der Waals surface area contributed by atoms with E-state index in [1.54, 1.807) is 18.6 Å². The number of hydrogen-bond donors (Lipinski definition) is 1. The number of nitrogens with zero attached hydrogens (tertiary/aromatic N) is 4. The molecule has 2 aliphatic heterocycles. The summed E-state index contributed by atoms with van der Waals surface area (Å²) >= 11 is 0. The van der Waals surface area contributed by atoms with Gasteiger partial charge in [-0.15, -0.1) is 0 Å². The molecule has 35 heavy (non-hydrogen) atoms. The van der Waals surface area contributed by atoms with E-state index < -0.39 is 0 Å². The van der Waals surface area contributed by atoms with Gasteiger partial charge in [0, 0.05) is 38.2 Å². The number of carbonyl (C=O) groups excluding carboxylic acids is 1. The van der Waals surface area contributed by atoms with Crippen molar-refractivity contribution < 1.29 is 18.4 Å². The quantitative estimate of drug-likeness (QED) is 0.580. The Hall–Kier alpha value is -3.61. The van der Waals surface area contributed by atoms with Crippen molar-refractivity contribution in [2.75, 3.05) is 37.6 Å². The molecule has 1 fully saturated rings. The lowest BCUT2D eigenvalue weighted by molar-refractivity contribution is -0.122. The van der Waals surface area contributed by atoms with E-state index in [9.17, 15) is 10.1 Å². The van der Waals surface area contributed by atoms with Gasteiger partial charge >= 0.3 is 0 Å². The van der Waals surface area contributed by atoms with Crippen LogP contribution in [0.4, 0.5) is 5.82 Å². The zero-order chi connectivity index (χ0) is 24.4. The van der Waals surface area contributed by atoms with E-state index in [1.165, 1.54) is 0 Å². The van der Waals surface area contributed by atoms with Crippen LogP contribution in [0.15, 0.2) is 45.6 Å². The number of nitrogens with one attached hydrogen (secondary N) is 1. The number of nitriles is 1. The summed E-state index contributed by atoms with van der Waals surface area (Å²) in [7, 11) is 0. The molecule has 0 aromatic carbocycles. The molecule has 0 unspecified atom stereocenters. The van der Waals surface area contributed by atoms with Gasteiger partial charge in [0.1, 0.15) is 23.3 Å². The molecule has 1 N–H and O–H groups in total. The smallest absolute Gasteiger partial charge is 0.234 e. The molecule has 0 bridgehead atoms. The number of aromatic nitrogens is 1. The second-order valence-electron chi connectivity index (χ2n) is 9.55. The summed E-state index contributed by atoms with van der Waals surface area (Å²) in [5.74, 6) is 2.04. The van der Waals surface area contributed by atoms with Gasteiger partial charge in [0.05, 0.1) is 43.4 Å². The highest BCUT2D eigenvalue weighted by molar-refractivity contribution is 5.78. The summed E-state index contributed by atoms with van der Waals surface area (Å²) in [6.45, 7) is 7.91. The summed E-state index contributed by atoms with van der Waals surface area (Å²) in [6.07, 6.45) is 3.85. The van der Waals surface area contributed by atoms with Gasteiger partial charge in [0.25, 0.3) is 0 Å². The van der Waals surface area contributed by atoms with Gasteiger partial charge in [0.2, 0.25) is 5.91 Å². The second kappa shape index (κ2) is 9.56. The number of fused-ring (bicyclic) bond motifs is 1. The van der Waals surface area contributed by atoms with Gasteiger partial charge in [-0.1, -0.05) is 0 Å². The Morgan fingerprint density at radius 1 is 1.14 bits per heavy atom. The molecule has 0 radical (unpaired) electrons. The van der Waals surface area contributed by atoms with E-state index >= 15 is 0 Å². The molecule has 3 aromatic rings. The zero-order valence-corrected chi connectivity index (χ0v) is 20.0. The minimum atomic E-state index is -0.362. The highest BCUT2D eigenvalue weighted by atomic mass is 16.5. The number of piperazine rings is 1. The Morgan fingerprint density at radius 3 is 2.60 bits per heavy atom. The first-order valence-corrected chi connectivity index (χ1v) is 11.8. The van der Waals surface area contributed by atoms with E-state index in [0.29, 0.717) is 69.4 Å². The lowest BCUT2D eigenvalue weighted by Crippen LogP contribution is -2.50. The van der Waals surface area contributed by atoms with Crippen LogP contribution in [0.3, 0.4) is 0 Å². The number of ether oxygens (including phenoxy) is 1. The third kappa shape index (κ3) is 4.94. The van der Waals surface area contributed by atoms with Crippen LogP contribution in [0.5, 0.6) is 0 Å². The summed E-state index contributed by atoms with van der Waals surface area (Å²) in [4.78, 5) is 21.6. The number of furan rings is 2. The van der Waals surface area contributed by atoms with Crippen molar-refractivity contribution in [2.24, 2.45) is 0 Å². The number of hydrogen-bond acceptors (Lipinski definition) is 8. The number of pyridine rings is 1. The Kier molecular flexibility index (Phi) is 6.32. The maximum Gasteiger partial charge on any atom is 0.234 e. The number of anilines is 1. The molecule has 182 valence electrons. The largest absolute Gasteiger partial charge is 0.467 e. The number of rotatable bonds is 6. The van der Waals surface area contributed by atoms with Crippen LogP contribution in [0.1, 0.15) is 36.3 Å². The van der Waals surface area contributed by atoms with Crippen LogP contribution in [0.2, 0.25) is 0 Å². The monoisotopic (exact) mass is 475 g/mol. The molecule has 0 atom stereocenters. The van der Waals surface area contributed by atoms with Crippen molar-refractivity contribution >= 4 is 11.7 Å². The van der Waals surface area contributed by atoms with Crippen molar-refractivity contribution in [1.29, 1.82) is 5.26 Å². The van der Waals surface area contributed by atoms with Gasteiger partial charge in [-0.05, 0) is 43.7 Å². The highest BCUT2D eigenvalue weighted by Gasteiger charge is 2.34. The van der Waals surface area contributed by atoms with Crippen LogP contribution in [0.25, 0.3) is 11.5 Å². The van der Waals surface area contributed by atoms with Crippen LogP contribution in [-0.4, -0.2) is 54.1 Å². The average Bonchev–Trinajstić information content (AvgIpc) is 3.56. The number of carbonyl (C=O) groups is 1. The maximum atomic E-state index is 12.4. The van der Waals surface area contributed by atoms with Crippen LogP contribution < -0.4 is 10.2 Å². The molecule has 0 saturated carbocycles. The van der Waals surface area contributed by atoms with E-state index in [4.69, 9.17) is 18.6 Å². The lowest BCUT2D eigenvalue weighted by Gasteiger charge is -2.38.